The quantitative estimate of drug-likeness (QED) is 0.521. The number of hydrogen-bond donors (Lipinski definition) is 0. The first-order valence-corrected chi connectivity index (χ1v) is 9.81. The van der Waals surface area contributed by atoms with Crippen LogP contribution in [0.3, 0.4) is 0 Å². The van der Waals surface area contributed by atoms with Crippen LogP contribution in [0.4, 0.5) is 0 Å². The Bertz CT molecular complexity index is 600. The van der Waals surface area contributed by atoms with Gasteiger partial charge in [-0.05, 0) is 47.2 Å². The zero-order valence-electron chi connectivity index (χ0n) is 17.6. The van der Waals surface area contributed by atoms with Crippen LogP contribution >= 0.6 is 0 Å². The Balaban J connectivity index is 2.01. The lowest BCUT2D eigenvalue weighted by Crippen LogP contribution is -2.19. The first-order valence-electron chi connectivity index (χ1n) is 9.81. The predicted octanol–water partition coefficient (Wildman–Crippen LogP) is 5.90. The van der Waals surface area contributed by atoms with Crippen LogP contribution in [0, 0.1) is 11.8 Å². The van der Waals surface area contributed by atoms with Crippen LogP contribution in [-0.4, -0.2) is 27.4 Å². The van der Waals surface area contributed by atoms with Gasteiger partial charge in [0.15, 0.2) is 0 Å². The second-order valence-corrected chi connectivity index (χ2v) is 7.78. The summed E-state index contributed by atoms with van der Waals surface area (Å²) >= 11 is 0. The number of ether oxygens (including phenoxy) is 3. The molecule has 0 N–H and O–H groups in total. The smallest absolute Gasteiger partial charge is 0.118 e. The minimum atomic E-state index is 0.375. The summed E-state index contributed by atoms with van der Waals surface area (Å²) in [5.74, 6) is 3.55. The van der Waals surface area contributed by atoms with Crippen LogP contribution in [0.5, 0.6) is 11.5 Å². The molecule has 3 nitrogen and oxygen atoms in total. The molecule has 0 amide bonds. The van der Waals surface area contributed by atoms with Crippen LogP contribution in [0.1, 0.15) is 50.7 Å². The second kappa shape index (κ2) is 10.4. The summed E-state index contributed by atoms with van der Waals surface area (Å²) in [5, 5.41) is 0. The van der Waals surface area contributed by atoms with Gasteiger partial charge in [0.25, 0.3) is 0 Å². The van der Waals surface area contributed by atoms with Crippen molar-refractivity contribution in [3.8, 4) is 11.5 Å². The lowest BCUT2D eigenvalue weighted by Gasteiger charge is -2.25. The zero-order valence-corrected chi connectivity index (χ0v) is 17.6. The summed E-state index contributed by atoms with van der Waals surface area (Å²) in [7, 11) is 3.40. The van der Waals surface area contributed by atoms with Gasteiger partial charge in [0.2, 0.25) is 0 Å². The summed E-state index contributed by atoms with van der Waals surface area (Å²) in [6, 6.07) is 16.7. The highest BCUT2D eigenvalue weighted by atomic mass is 16.5. The van der Waals surface area contributed by atoms with Crippen LogP contribution < -0.4 is 9.47 Å². The molecule has 0 aliphatic carbocycles. The highest BCUT2D eigenvalue weighted by Gasteiger charge is 2.20. The fourth-order valence-corrected chi connectivity index (χ4v) is 3.37. The van der Waals surface area contributed by atoms with Crippen molar-refractivity contribution in [3.05, 3.63) is 59.7 Å². The third-order valence-corrected chi connectivity index (χ3v) is 5.29. The number of benzene rings is 2. The molecule has 0 radical (unpaired) electrons. The normalized spacial score (nSPS) is 13.6. The van der Waals surface area contributed by atoms with Crippen LogP contribution in [0.25, 0.3) is 0 Å². The van der Waals surface area contributed by atoms with Crippen LogP contribution in [-0.2, 0) is 4.74 Å². The Morgan fingerprint density at radius 2 is 0.926 bits per heavy atom. The summed E-state index contributed by atoms with van der Waals surface area (Å²) in [4.78, 5) is 0. The maximum atomic E-state index is 6.24. The maximum absolute atomic E-state index is 6.24. The highest BCUT2D eigenvalue weighted by Crippen LogP contribution is 2.29. The van der Waals surface area contributed by atoms with Gasteiger partial charge < -0.3 is 14.2 Å². The summed E-state index contributed by atoms with van der Waals surface area (Å²) in [6.07, 6.45) is 0. The molecule has 0 heterocycles. The standard InChI is InChI=1S/C24H34O3/c1-17(2)23(19-7-11-21(25-5)12-8-19)15-27-16-24(18(3)4)20-9-13-22(26-6)14-10-20/h7-14,17-18,23-24H,15-16H2,1-6H3. The van der Waals surface area contributed by atoms with Gasteiger partial charge in [-0.2, -0.15) is 0 Å². The molecule has 2 aromatic carbocycles. The topological polar surface area (TPSA) is 27.7 Å². The van der Waals surface area contributed by atoms with Crippen molar-refractivity contribution in [2.24, 2.45) is 11.8 Å². The predicted molar refractivity (Wildman–Crippen MR) is 112 cm³/mol. The zero-order chi connectivity index (χ0) is 19.8. The molecular weight excluding hydrogens is 336 g/mol. The molecule has 0 spiro atoms. The Labute approximate surface area is 164 Å². The van der Waals surface area contributed by atoms with E-state index in [1.807, 2.05) is 24.3 Å². The largest absolute Gasteiger partial charge is 0.497 e. The number of methoxy groups -OCH3 is 2. The highest BCUT2D eigenvalue weighted by molar-refractivity contribution is 5.30. The first-order chi connectivity index (χ1) is 13.0. The van der Waals surface area contributed by atoms with E-state index in [4.69, 9.17) is 14.2 Å². The van der Waals surface area contributed by atoms with Crippen molar-refractivity contribution in [2.45, 2.75) is 39.5 Å². The van der Waals surface area contributed by atoms with Gasteiger partial charge in [0, 0.05) is 11.8 Å². The van der Waals surface area contributed by atoms with Gasteiger partial charge in [-0.25, -0.2) is 0 Å². The molecule has 0 aliphatic heterocycles. The lowest BCUT2D eigenvalue weighted by atomic mass is 9.88. The molecule has 2 atom stereocenters. The van der Waals surface area contributed by atoms with Gasteiger partial charge in [-0.3, -0.25) is 0 Å². The minimum Gasteiger partial charge on any atom is -0.497 e. The molecule has 0 bridgehead atoms. The Kier molecular flexibility index (Phi) is 8.18. The summed E-state index contributed by atoms with van der Waals surface area (Å²) < 4.78 is 16.8. The van der Waals surface area contributed by atoms with Gasteiger partial charge >= 0.3 is 0 Å². The first kappa shape index (κ1) is 21.3. The van der Waals surface area contributed by atoms with Gasteiger partial charge in [-0.1, -0.05) is 52.0 Å². The SMILES string of the molecule is COc1ccc(C(COCC(c2ccc(OC)cc2)C(C)C)C(C)C)cc1. The van der Waals surface area contributed by atoms with E-state index in [2.05, 4.69) is 52.0 Å². The van der Waals surface area contributed by atoms with Crippen molar-refractivity contribution in [3.63, 3.8) is 0 Å². The monoisotopic (exact) mass is 370 g/mol. The van der Waals surface area contributed by atoms with E-state index in [-0.39, 0.29) is 0 Å². The molecule has 0 saturated heterocycles. The molecule has 2 aromatic rings. The van der Waals surface area contributed by atoms with Crippen molar-refractivity contribution >= 4 is 0 Å². The molecule has 2 rings (SSSR count). The van der Waals surface area contributed by atoms with Crippen molar-refractivity contribution < 1.29 is 14.2 Å². The molecule has 0 aromatic heterocycles. The molecule has 0 fully saturated rings. The molecule has 2 unspecified atom stereocenters. The fourth-order valence-electron chi connectivity index (χ4n) is 3.37. The third kappa shape index (κ3) is 6.00. The second-order valence-electron chi connectivity index (χ2n) is 7.78. The molecule has 148 valence electrons. The van der Waals surface area contributed by atoms with E-state index >= 15 is 0 Å². The molecule has 0 aliphatic rings. The average Bonchev–Trinajstić information content (AvgIpc) is 2.68. The molecule has 3 heteroatoms. The number of rotatable bonds is 10. The van der Waals surface area contributed by atoms with Crippen molar-refractivity contribution in [1.82, 2.24) is 0 Å². The summed E-state index contributed by atoms with van der Waals surface area (Å²) in [6.45, 7) is 10.5. The van der Waals surface area contributed by atoms with E-state index < -0.39 is 0 Å². The van der Waals surface area contributed by atoms with E-state index in [1.165, 1.54) is 11.1 Å². The number of hydrogen-bond acceptors (Lipinski definition) is 3. The average molecular weight is 371 g/mol. The van der Waals surface area contributed by atoms with Crippen molar-refractivity contribution in [1.29, 1.82) is 0 Å². The van der Waals surface area contributed by atoms with Crippen LogP contribution in [0.15, 0.2) is 48.5 Å². The van der Waals surface area contributed by atoms with E-state index in [1.54, 1.807) is 14.2 Å². The fraction of sp³-hybridized carbons (Fsp3) is 0.500. The molecular formula is C24H34O3. The minimum absolute atomic E-state index is 0.375. The molecule has 27 heavy (non-hydrogen) atoms. The van der Waals surface area contributed by atoms with Crippen LogP contribution in [0.2, 0.25) is 0 Å². The van der Waals surface area contributed by atoms with Gasteiger partial charge in [-0.15, -0.1) is 0 Å². The van der Waals surface area contributed by atoms with Gasteiger partial charge in [0.05, 0.1) is 27.4 Å². The van der Waals surface area contributed by atoms with Crippen molar-refractivity contribution in [2.75, 3.05) is 27.4 Å². The lowest BCUT2D eigenvalue weighted by molar-refractivity contribution is 0.0867. The Morgan fingerprint density at radius 1 is 0.593 bits per heavy atom. The third-order valence-electron chi connectivity index (χ3n) is 5.29. The van der Waals surface area contributed by atoms with E-state index in [9.17, 15) is 0 Å². The van der Waals surface area contributed by atoms with E-state index in [0.29, 0.717) is 23.7 Å². The summed E-state index contributed by atoms with van der Waals surface area (Å²) in [5.41, 5.74) is 2.60. The molecule has 0 saturated carbocycles. The maximum Gasteiger partial charge on any atom is 0.118 e. The van der Waals surface area contributed by atoms with Gasteiger partial charge in [0.1, 0.15) is 11.5 Å². The Morgan fingerprint density at radius 3 is 1.19 bits per heavy atom. The Hall–Kier alpha value is -2.00. The van der Waals surface area contributed by atoms with E-state index in [0.717, 1.165) is 24.7 Å².